The molecule has 1 aliphatic carbocycles. The predicted molar refractivity (Wildman–Crippen MR) is 86.3 cm³/mol. The summed E-state index contributed by atoms with van der Waals surface area (Å²) in [5, 5.41) is 5.74. The SMILES string of the molecule is c1ccc2c(c1)CCc1sccc1C2=C1CCNCC1. The minimum atomic E-state index is 1.13. The van der Waals surface area contributed by atoms with Crippen molar-refractivity contribution in [1.82, 2.24) is 5.32 Å². The number of aryl methyl sites for hydroxylation is 2. The molecule has 0 radical (unpaired) electrons. The summed E-state index contributed by atoms with van der Waals surface area (Å²) in [5.41, 5.74) is 7.73. The molecule has 0 atom stereocenters. The zero-order valence-corrected chi connectivity index (χ0v) is 12.4. The topological polar surface area (TPSA) is 12.0 Å². The van der Waals surface area contributed by atoms with Crippen molar-refractivity contribution in [3.05, 3.63) is 62.9 Å². The van der Waals surface area contributed by atoms with Gasteiger partial charge in [0, 0.05) is 4.88 Å². The Morgan fingerprint density at radius 3 is 2.60 bits per heavy atom. The van der Waals surface area contributed by atoms with Crippen LogP contribution in [0.4, 0.5) is 0 Å². The average molecular weight is 281 g/mol. The van der Waals surface area contributed by atoms with E-state index in [-0.39, 0.29) is 0 Å². The highest BCUT2D eigenvalue weighted by Gasteiger charge is 2.22. The van der Waals surface area contributed by atoms with Gasteiger partial charge in [-0.3, -0.25) is 0 Å². The van der Waals surface area contributed by atoms with E-state index in [9.17, 15) is 0 Å². The second kappa shape index (κ2) is 5.19. The Morgan fingerprint density at radius 1 is 0.850 bits per heavy atom. The molecule has 2 aliphatic rings. The van der Waals surface area contributed by atoms with Gasteiger partial charge in [0.25, 0.3) is 0 Å². The van der Waals surface area contributed by atoms with Crippen LogP contribution in [0.5, 0.6) is 0 Å². The minimum Gasteiger partial charge on any atom is -0.316 e. The van der Waals surface area contributed by atoms with Gasteiger partial charge in [0.1, 0.15) is 0 Å². The van der Waals surface area contributed by atoms with Gasteiger partial charge in [0.2, 0.25) is 0 Å². The summed E-state index contributed by atoms with van der Waals surface area (Å²) >= 11 is 1.93. The van der Waals surface area contributed by atoms with Crippen molar-refractivity contribution in [3.8, 4) is 0 Å². The Morgan fingerprint density at radius 2 is 1.70 bits per heavy atom. The average Bonchev–Trinajstić information content (AvgIpc) is 2.90. The van der Waals surface area contributed by atoms with Gasteiger partial charge in [0.15, 0.2) is 0 Å². The van der Waals surface area contributed by atoms with Crippen molar-refractivity contribution in [2.75, 3.05) is 13.1 Å². The highest BCUT2D eigenvalue weighted by molar-refractivity contribution is 7.10. The van der Waals surface area contributed by atoms with Gasteiger partial charge in [-0.2, -0.15) is 0 Å². The van der Waals surface area contributed by atoms with Gasteiger partial charge < -0.3 is 5.32 Å². The molecule has 1 nitrogen and oxygen atoms in total. The Bertz CT molecular complexity index is 658. The molecule has 2 aromatic rings. The number of thiophene rings is 1. The van der Waals surface area contributed by atoms with Crippen LogP contribution in [0.25, 0.3) is 5.57 Å². The van der Waals surface area contributed by atoms with E-state index in [0.29, 0.717) is 0 Å². The van der Waals surface area contributed by atoms with Crippen molar-refractivity contribution in [3.63, 3.8) is 0 Å². The molecule has 102 valence electrons. The lowest BCUT2D eigenvalue weighted by Gasteiger charge is -2.21. The summed E-state index contributed by atoms with van der Waals surface area (Å²) in [5.74, 6) is 0. The van der Waals surface area contributed by atoms with Crippen molar-refractivity contribution in [2.24, 2.45) is 0 Å². The molecule has 1 aliphatic heterocycles. The molecule has 2 heterocycles. The summed E-state index contributed by atoms with van der Waals surface area (Å²) in [4.78, 5) is 1.57. The number of hydrogen-bond acceptors (Lipinski definition) is 2. The molecule has 1 saturated heterocycles. The first-order chi connectivity index (χ1) is 9.93. The number of fused-ring (bicyclic) bond motifs is 2. The number of rotatable bonds is 0. The van der Waals surface area contributed by atoms with Crippen molar-refractivity contribution in [2.45, 2.75) is 25.7 Å². The lowest BCUT2D eigenvalue weighted by molar-refractivity contribution is 0.611. The van der Waals surface area contributed by atoms with E-state index in [0.717, 1.165) is 13.1 Å². The van der Waals surface area contributed by atoms with Crippen LogP contribution in [0, 0.1) is 0 Å². The summed E-state index contributed by atoms with van der Waals surface area (Å²) in [7, 11) is 0. The van der Waals surface area contributed by atoms with Gasteiger partial charge in [-0.25, -0.2) is 0 Å². The van der Waals surface area contributed by atoms with Crippen LogP contribution in [-0.2, 0) is 12.8 Å². The van der Waals surface area contributed by atoms with Gasteiger partial charge in [-0.05, 0) is 72.5 Å². The van der Waals surface area contributed by atoms with Gasteiger partial charge >= 0.3 is 0 Å². The molecule has 0 amide bonds. The van der Waals surface area contributed by atoms with Crippen molar-refractivity contribution < 1.29 is 0 Å². The zero-order chi connectivity index (χ0) is 13.4. The Kier molecular flexibility index (Phi) is 3.21. The number of piperidine rings is 1. The lowest BCUT2D eigenvalue weighted by Crippen LogP contribution is -2.23. The van der Waals surface area contributed by atoms with E-state index in [1.54, 1.807) is 16.0 Å². The first-order valence-electron chi connectivity index (χ1n) is 7.51. The molecule has 1 N–H and O–H groups in total. The molecule has 0 unspecified atom stereocenters. The van der Waals surface area contributed by atoms with Crippen LogP contribution in [0.15, 0.2) is 41.3 Å². The standard InChI is InChI=1S/C18H19NS/c1-2-4-15-13(3-1)5-6-17-16(9-12-20-17)18(15)14-7-10-19-11-8-14/h1-4,9,12,19H,5-8,10-11H2. The van der Waals surface area contributed by atoms with E-state index in [1.165, 1.54) is 42.4 Å². The molecule has 1 aromatic heterocycles. The molecule has 20 heavy (non-hydrogen) atoms. The highest BCUT2D eigenvalue weighted by atomic mass is 32.1. The van der Waals surface area contributed by atoms with Crippen LogP contribution in [-0.4, -0.2) is 13.1 Å². The number of hydrogen-bond donors (Lipinski definition) is 1. The smallest absolute Gasteiger partial charge is 0.0127 e. The predicted octanol–water partition coefficient (Wildman–Crippen LogP) is 4.03. The quantitative estimate of drug-likeness (QED) is 0.768. The van der Waals surface area contributed by atoms with Crippen LogP contribution in [0.2, 0.25) is 0 Å². The fraction of sp³-hybridized carbons (Fsp3) is 0.333. The van der Waals surface area contributed by atoms with Gasteiger partial charge in [-0.15, -0.1) is 11.3 Å². The Hall–Kier alpha value is -1.38. The second-order valence-electron chi connectivity index (χ2n) is 5.64. The molecule has 0 saturated carbocycles. The zero-order valence-electron chi connectivity index (χ0n) is 11.6. The Balaban J connectivity index is 1.96. The van der Waals surface area contributed by atoms with E-state index in [1.807, 2.05) is 11.3 Å². The third-order valence-electron chi connectivity index (χ3n) is 4.48. The summed E-state index contributed by atoms with van der Waals surface area (Å²) in [6.07, 6.45) is 4.76. The molecule has 0 spiro atoms. The summed E-state index contributed by atoms with van der Waals surface area (Å²) in [6, 6.07) is 11.4. The Labute approximate surface area is 124 Å². The highest BCUT2D eigenvalue weighted by Crippen LogP contribution is 2.39. The fourth-order valence-corrected chi connectivity index (χ4v) is 4.38. The fourth-order valence-electron chi connectivity index (χ4n) is 3.49. The number of benzene rings is 1. The molecule has 2 heteroatoms. The number of nitrogens with one attached hydrogen (secondary N) is 1. The van der Waals surface area contributed by atoms with Gasteiger partial charge in [-0.1, -0.05) is 29.8 Å². The van der Waals surface area contributed by atoms with Crippen LogP contribution in [0.3, 0.4) is 0 Å². The third kappa shape index (κ3) is 2.04. The largest absolute Gasteiger partial charge is 0.316 e. The monoisotopic (exact) mass is 281 g/mol. The maximum Gasteiger partial charge on any atom is 0.0127 e. The maximum absolute atomic E-state index is 3.48. The molecule has 0 bridgehead atoms. The summed E-state index contributed by atoms with van der Waals surface area (Å²) in [6.45, 7) is 2.25. The van der Waals surface area contributed by atoms with E-state index >= 15 is 0 Å². The van der Waals surface area contributed by atoms with Crippen molar-refractivity contribution >= 4 is 16.9 Å². The van der Waals surface area contributed by atoms with E-state index < -0.39 is 0 Å². The van der Waals surface area contributed by atoms with Crippen LogP contribution >= 0.6 is 11.3 Å². The molecule has 1 fully saturated rings. The normalized spacial score (nSPS) is 18.4. The maximum atomic E-state index is 3.48. The lowest BCUT2D eigenvalue weighted by atomic mass is 9.88. The first kappa shape index (κ1) is 12.4. The van der Waals surface area contributed by atoms with Crippen LogP contribution < -0.4 is 5.32 Å². The summed E-state index contributed by atoms with van der Waals surface area (Å²) < 4.78 is 0. The van der Waals surface area contributed by atoms with E-state index in [4.69, 9.17) is 0 Å². The molecular weight excluding hydrogens is 262 g/mol. The third-order valence-corrected chi connectivity index (χ3v) is 5.46. The molecular formula is C18H19NS. The van der Waals surface area contributed by atoms with Crippen LogP contribution in [0.1, 0.15) is 34.4 Å². The van der Waals surface area contributed by atoms with Crippen molar-refractivity contribution in [1.29, 1.82) is 0 Å². The first-order valence-corrected chi connectivity index (χ1v) is 8.39. The van der Waals surface area contributed by atoms with Gasteiger partial charge in [0.05, 0.1) is 0 Å². The minimum absolute atomic E-state index is 1.13. The molecule has 1 aromatic carbocycles. The second-order valence-corrected chi connectivity index (χ2v) is 6.64. The van der Waals surface area contributed by atoms with E-state index in [2.05, 4.69) is 41.0 Å². The molecule has 4 rings (SSSR count).